The number of hydrogen-bond acceptors (Lipinski definition) is 3. The molecule has 4 heteroatoms. The first-order valence-corrected chi connectivity index (χ1v) is 7.30. The van der Waals surface area contributed by atoms with E-state index < -0.39 is 0 Å². The van der Waals surface area contributed by atoms with Crippen LogP contribution in [-0.4, -0.2) is 18.1 Å². The Labute approximate surface area is 111 Å². The van der Waals surface area contributed by atoms with E-state index in [1.807, 2.05) is 23.9 Å². The van der Waals surface area contributed by atoms with Crippen LogP contribution in [0.15, 0.2) is 18.2 Å². The zero-order valence-electron chi connectivity index (χ0n) is 9.58. The molecule has 2 nitrogen and oxygen atoms in total. The first-order chi connectivity index (χ1) is 8.29. The molecular weight excluding hydrogens is 252 g/mol. The zero-order chi connectivity index (χ0) is 12.1. The van der Waals surface area contributed by atoms with Crippen LogP contribution in [-0.2, 0) is 6.54 Å². The Morgan fingerprint density at radius 1 is 1.53 bits per heavy atom. The SMILES string of the molecule is N#Cc1ccc(CNCC2CCSC2)c(Cl)c1. The third kappa shape index (κ3) is 3.64. The Hall–Kier alpha value is -0.690. The average molecular weight is 267 g/mol. The van der Waals surface area contributed by atoms with Crippen LogP contribution >= 0.6 is 23.4 Å². The zero-order valence-corrected chi connectivity index (χ0v) is 11.2. The molecule has 0 aliphatic carbocycles. The van der Waals surface area contributed by atoms with Gasteiger partial charge in [0.25, 0.3) is 0 Å². The van der Waals surface area contributed by atoms with Gasteiger partial charge in [0.1, 0.15) is 0 Å². The summed E-state index contributed by atoms with van der Waals surface area (Å²) in [4.78, 5) is 0. The van der Waals surface area contributed by atoms with Gasteiger partial charge in [-0.3, -0.25) is 0 Å². The summed E-state index contributed by atoms with van der Waals surface area (Å²) in [5.74, 6) is 3.37. The largest absolute Gasteiger partial charge is 0.312 e. The number of nitrogens with one attached hydrogen (secondary N) is 1. The number of halogens is 1. The van der Waals surface area contributed by atoms with Gasteiger partial charge in [-0.25, -0.2) is 0 Å². The molecular formula is C13H15ClN2S. The van der Waals surface area contributed by atoms with E-state index in [1.165, 1.54) is 17.9 Å². The summed E-state index contributed by atoms with van der Waals surface area (Å²) in [7, 11) is 0. The van der Waals surface area contributed by atoms with Crippen LogP contribution in [0.3, 0.4) is 0 Å². The second kappa shape index (κ2) is 6.30. The van der Waals surface area contributed by atoms with E-state index >= 15 is 0 Å². The number of nitrogens with zero attached hydrogens (tertiary/aromatic N) is 1. The molecule has 0 spiro atoms. The Morgan fingerprint density at radius 3 is 3.06 bits per heavy atom. The average Bonchev–Trinajstić information content (AvgIpc) is 2.84. The topological polar surface area (TPSA) is 35.8 Å². The Balaban J connectivity index is 1.84. The molecule has 0 saturated carbocycles. The molecule has 1 aliphatic heterocycles. The molecule has 0 bridgehead atoms. The van der Waals surface area contributed by atoms with Crippen molar-refractivity contribution >= 4 is 23.4 Å². The molecule has 0 radical (unpaired) electrons. The van der Waals surface area contributed by atoms with Crippen molar-refractivity contribution in [2.24, 2.45) is 5.92 Å². The van der Waals surface area contributed by atoms with Crippen molar-refractivity contribution in [1.82, 2.24) is 5.32 Å². The summed E-state index contributed by atoms with van der Waals surface area (Å²) in [5.41, 5.74) is 1.68. The van der Waals surface area contributed by atoms with Crippen LogP contribution in [0.1, 0.15) is 17.5 Å². The van der Waals surface area contributed by atoms with Crippen LogP contribution in [0, 0.1) is 17.2 Å². The maximum Gasteiger partial charge on any atom is 0.0992 e. The molecule has 1 aromatic carbocycles. The lowest BCUT2D eigenvalue weighted by molar-refractivity contribution is 0.523. The molecule has 0 amide bonds. The van der Waals surface area contributed by atoms with Gasteiger partial charge < -0.3 is 5.32 Å². The van der Waals surface area contributed by atoms with E-state index in [0.717, 1.165) is 24.6 Å². The lowest BCUT2D eigenvalue weighted by Crippen LogP contribution is -2.22. The predicted octanol–water partition coefficient (Wildman–Crippen LogP) is 3.05. The molecule has 2 rings (SSSR count). The van der Waals surface area contributed by atoms with Crippen molar-refractivity contribution in [3.63, 3.8) is 0 Å². The summed E-state index contributed by atoms with van der Waals surface area (Å²) in [6, 6.07) is 7.56. The molecule has 1 aromatic rings. The van der Waals surface area contributed by atoms with Crippen LogP contribution in [0.4, 0.5) is 0 Å². The predicted molar refractivity (Wildman–Crippen MR) is 73.3 cm³/mol. The second-order valence-electron chi connectivity index (χ2n) is 4.28. The van der Waals surface area contributed by atoms with Crippen LogP contribution < -0.4 is 5.32 Å². The number of benzene rings is 1. The molecule has 1 N–H and O–H groups in total. The summed E-state index contributed by atoms with van der Waals surface area (Å²) >= 11 is 8.14. The highest BCUT2D eigenvalue weighted by atomic mass is 35.5. The monoisotopic (exact) mass is 266 g/mol. The van der Waals surface area contributed by atoms with E-state index in [2.05, 4.69) is 11.4 Å². The highest BCUT2D eigenvalue weighted by Crippen LogP contribution is 2.23. The van der Waals surface area contributed by atoms with E-state index in [-0.39, 0.29) is 0 Å². The van der Waals surface area contributed by atoms with Crippen LogP contribution in [0.5, 0.6) is 0 Å². The highest BCUT2D eigenvalue weighted by molar-refractivity contribution is 7.99. The van der Waals surface area contributed by atoms with Gasteiger partial charge in [0, 0.05) is 11.6 Å². The summed E-state index contributed by atoms with van der Waals surface area (Å²) < 4.78 is 0. The minimum absolute atomic E-state index is 0.617. The Kier molecular flexibility index (Phi) is 4.73. The fourth-order valence-electron chi connectivity index (χ4n) is 1.92. The molecule has 1 fully saturated rings. The van der Waals surface area contributed by atoms with Crippen molar-refractivity contribution in [2.75, 3.05) is 18.1 Å². The lowest BCUT2D eigenvalue weighted by Gasteiger charge is -2.10. The van der Waals surface area contributed by atoms with E-state index in [1.54, 1.807) is 6.07 Å². The fraction of sp³-hybridized carbons (Fsp3) is 0.462. The van der Waals surface area contributed by atoms with Gasteiger partial charge in [0.15, 0.2) is 0 Å². The minimum atomic E-state index is 0.617. The molecule has 90 valence electrons. The Bertz CT molecular complexity index is 422. The minimum Gasteiger partial charge on any atom is -0.312 e. The molecule has 1 unspecified atom stereocenters. The van der Waals surface area contributed by atoms with Crippen molar-refractivity contribution in [2.45, 2.75) is 13.0 Å². The number of thioether (sulfide) groups is 1. The van der Waals surface area contributed by atoms with Gasteiger partial charge >= 0.3 is 0 Å². The lowest BCUT2D eigenvalue weighted by atomic mass is 10.1. The van der Waals surface area contributed by atoms with Gasteiger partial charge in [0.05, 0.1) is 11.6 Å². The summed E-state index contributed by atoms with van der Waals surface area (Å²) in [5, 5.41) is 12.9. The van der Waals surface area contributed by atoms with E-state index in [4.69, 9.17) is 16.9 Å². The second-order valence-corrected chi connectivity index (χ2v) is 5.84. The normalized spacial score (nSPS) is 19.2. The standard InChI is InChI=1S/C13H15ClN2S/c14-13-5-10(6-15)1-2-12(13)8-16-7-11-3-4-17-9-11/h1-2,5,11,16H,3-4,7-9H2. The maximum atomic E-state index is 8.75. The third-order valence-corrected chi connectivity index (χ3v) is 4.54. The number of hydrogen-bond donors (Lipinski definition) is 1. The molecule has 0 aromatic heterocycles. The van der Waals surface area contributed by atoms with Gasteiger partial charge in [0.2, 0.25) is 0 Å². The summed E-state index contributed by atoms with van der Waals surface area (Å²) in [6.45, 7) is 1.84. The molecule has 1 aliphatic rings. The quantitative estimate of drug-likeness (QED) is 0.910. The molecule has 1 saturated heterocycles. The van der Waals surface area contributed by atoms with Crippen molar-refractivity contribution < 1.29 is 0 Å². The molecule has 17 heavy (non-hydrogen) atoms. The van der Waals surface area contributed by atoms with Crippen molar-refractivity contribution in [1.29, 1.82) is 5.26 Å². The smallest absolute Gasteiger partial charge is 0.0992 e. The fourth-order valence-corrected chi connectivity index (χ4v) is 3.45. The van der Waals surface area contributed by atoms with Crippen molar-refractivity contribution in [3.05, 3.63) is 34.3 Å². The first-order valence-electron chi connectivity index (χ1n) is 5.76. The first kappa shape index (κ1) is 12.8. The third-order valence-electron chi connectivity index (χ3n) is 2.95. The van der Waals surface area contributed by atoms with Crippen LogP contribution in [0.2, 0.25) is 5.02 Å². The highest BCUT2D eigenvalue weighted by Gasteiger charge is 2.14. The van der Waals surface area contributed by atoms with Gasteiger partial charge in [-0.2, -0.15) is 17.0 Å². The van der Waals surface area contributed by atoms with Gasteiger partial charge in [-0.1, -0.05) is 17.7 Å². The van der Waals surface area contributed by atoms with Crippen molar-refractivity contribution in [3.8, 4) is 6.07 Å². The molecule has 1 atom stereocenters. The van der Waals surface area contributed by atoms with E-state index in [0.29, 0.717) is 10.6 Å². The summed E-state index contributed by atoms with van der Waals surface area (Å²) in [6.07, 6.45) is 1.32. The van der Waals surface area contributed by atoms with Crippen LogP contribution in [0.25, 0.3) is 0 Å². The van der Waals surface area contributed by atoms with Gasteiger partial charge in [-0.05, 0) is 48.1 Å². The van der Waals surface area contributed by atoms with Gasteiger partial charge in [-0.15, -0.1) is 0 Å². The Morgan fingerprint density at radius 2 is 2.41 bits per heavy atom. The number of nitriles is 1. The molecule has 1 heterocycles. The number of rotatable bonds is 4. The van der Waals surface area contributed by atoms with E-state index in [9.17, 15) is 0 Å². The maximum absolute atomic E-state index is 8.75.